The SMILES string of the molecule is CC(Nc1nc(N[C@H]2CCC[C@H]2O)nc(-c2cccc(C(F)(F)F)n2)n1)C1CC1. The Hall–Kier alpha value is -2.49. The summed E-state index contributed by atoms with van der Waals surface area (Å²) in [5.74, 6) is 1.08. The number of anilines is 2. The second kappa shape index (κ2) is 7.74. The summed E-state index contributed by atoms with van der Waals surface area (Å²) in [5, 5.41) is 16.4. The van der Waals surface area contributed by atoms with Gasteiger partial charge in [0.25, 0.3) is 0 Å². The number of nitrogens with zero attached hydrogens (tertiary/aromatic N) is 4. The molecule has 0 saturated heterocycles. The summed E-state index contributed by atoms with van der Waals surface area (Å²) in [7, 11) is 0. The first-order chi connectivity index (χ1) is 13.8. The number of rotatable bonds is 6. The van der Waals surface area contributed by atoms with Gasteiger partial charge >= 0.3 is 6.18 Å². The molecule has 1 unspecified atom stereocenters. The molecule has 3 N–H and O–H groups in total. The predicted octanol–water partition coefficient (Wildman–Crippen LogP) is 3.49. The van der Waals surface area contributed by atoms with E-state index in [1.54, 1.807) is 0 Å². The zero-order valence-corrected chi connectivity index (χ0v) is 15.9. The molecule has 0 amide bonds. The molecule has 2 fully saturated rings. The second-order valence-electron chi connectivity index (χ2n) is 7.73. The Morgan fingerprint density at radius 3 is 2.45 bits per heavy atom. The van der Waals surface area contributed by atoms with Crippen molar-refractivity contribution in [1.29, 1.82) is 0 Å². The first-order valence-corrected chi connectivity index (χ1v) is 9.81. The average molecular weight is 408 g/mol. The number of alkyl halides is 3. The van der Waals surface area contributed by atoms with Gasteiger partial charge in [-0.2, -0.15) is 28.1 Å². The maximum Gasteiger partial charge on any atom is 0.433 e. The normalized spacial score (nSPS) is 23.1. The van der Waals surface area contributed by atoms with Gasteiger partial charge in [0.1, 0.15) is 11.4 Å². The monoisotopic (exact) mass is 408 g/mol. The van der Waals surface area contributed by atoms with Crippen LogP contribution in [0.4, 0.5) is 25.1 Å². The minimum atomic E-state index is -4.56. The van der Waals surface area contributed by atoms with E-state index in [0.29, 0.717) is 12.3 Å². The van der Waals surface area contributed by atoms with Gasteiger partial charge in [-0.05, 0) is 57.1 Å². The van der Waals surface area contributed by atoms with Crippen molar-refractivity contribution >= 4 is 11.9 Å². The fourth-order valence-corrected chi connectivity index (χ4v) is 3.53. The zero-order valence-electron chi connectivity index (χ0n) is 15.9. The van der Waals surface area contributed by atoms with Crippen LogP contribution in [0, 0.1) is 5.92 Å². The van der Waals surface area contributed by atoms with Crippen LogP contribution in [0.25, 0.3) is 11.5 Å². The number of nitrogens with one attached hydrogen (secondary N) is 2. The maximum absolute atomic E-state index is 13.1. The van der Waals surface area contributed by atoms with E-state index in [1.807, 2.05) is 6.92 Å². The maximum atomic E-state index is 13.1. The molecular formula is C19H23F3N6O. The Morgan fingerprint density at radius 1 is 1.03 bits per heavy atom. The minimum Gasteiger partial charge on any atom is -0.391 e. The van der Waals surface area contributed by atoms with Gasteiger partial charge in [0.15, 0.2) is 5.82 Å². The van der Waals surface area contributed by atoms with E-state index in [4.69, 9.17) is 0 Å². The Morgan fingerprint density at radius 2 is 1.79 bits per heavy atom. The van der Waals surface area contributed by atoms with Crippen LogP contribution in [-0.2, 0) is 6.18 Å². The third-order valence-corrected chi connectivity index (χ3v) is 5.38. The van der Waals surface area contributed by atoms with Crippen molar-refractivity contribution in [2.75, 3.05) is 10.6 Å². The fourth-order valence-electron chi connectivity index (χ4n) is 3.53. The zero-order chi connectivity index (χ0) is 20.6. The summed E-state index contributed by atoms with van der Waals surface area (Å²) in [6.45, 7) is 2.03. The number of aliphatic hydroxyl groups excluding tert-OH is 1. The molecule has 4 rings (SSSR count). The number of halogens is 3. The topological polar surface area (TPSA) is 95.9 Å². The lowest BCUT2D eigenvalue weighted by Gasteiger charge is -2.18. The molecule has 2 aliphatic carbocycles. The van der Waals surface area contributed by atoms with Crippen LogP contribution in [0.3, 0.4) is 0 Å². The third-order valence-electron chi connectivity index (χ3n) is 5.38. The van der Waals surface area contributed by atoms with Crippen LogP contribution in [0.5, 0.6) is 0 Å². The van der Waals surface area contributed by atoms with Crippen LogP contribution in [0.15, 0.2) is 18.2 Å². The molecule has 2 aromatic rings. The van der Waals surface area contributed by atoms with E-state index in [-0.39, 0.29) is 35.5 Å². The highest BCUT2D eigenvalue weighted by Gasteiger charge is 2.33. The van der Waals surface area contributed by atoms with Crippen molar-refractivity contribution in [2.45, 2.75) is 63.4 Å². The van der Waals surface area contributed by atoms with Crippen molar-refractivity contribution in [3.8, 4) is 11.5 Å². The highest BCUT2D eigenvalue weighted by Crippen LogP contribution is 2.34. The smallest absolute Gasteiger partial charge is 0.391 e. The molecule has 2 saturated carbocycles. The Labute approximate surface area is 166 Å². The predicted molar refractivity (Wildman–Crippen MR) is 101 cm³/mol. The first-order valence-electron chi connectivity index (χ1n) is 9.81. The molecule has 10 heteroatoms. The van der Waals surface area contributed by atoms with Gasteiger partial charge in [0.2, 0.25) is 11.9 Å². The van der Waals surface area contributed by atoms with Crippen LogP contribution in [-0.4, -0.2) is 43.2 Å². The lowest BCUT2D eigenvalue weighted by molar-refractivity contribution is -0.141. The molecule has 7 nitrogen and oxygen atoms in total. The van der Waals surface area contributed by atoms with Gasteiger partial charge in [-0.3, -0.25) is 0 Å². The first kappa shape index (κ1) is 19.8. The van der Waals surface area contributed by atoms with Crippen LogP contribution < -0.4 is 10.6 Å². The Kier molecular flexibility index (Phi) is 5.28. The van der Waals surface area contributed by atoms with E-state index < -0.39 is 18.0 Å². The summed E-state index contributed by atoms with van der Waals surface area (Å²) in [5.41, 5.74) is -0.989. The van der Waals surface area contributed by atoms with Gasteiger partial charge < -0.3 is 15.7 Å². The van der Waals surface area contributed by atoms with E-state index in [0.717, 1.165) is 31.7 Å². The molecule has 0 bridgehead atoms. The summed E-state index contributed by atoms with van der Waals surface area (Å²) in [4.78, 5) is 16.6. The molecule has 0 aromatic carbocycles. The Bertz CT molecular complexity index is 873. The van der Waals surface area contributed by atoms with Gasteiger partial charge in [-0.15, -0.1) is 0 Å². The molecule has 2 heterocycles. The van der Waals surface area contributed by atoms with Crippen molar-refractivity contribution in [3.63, 3.8) is 0 Å². The van der Waals surface area contributed by atoms with Gasteiger partial charge in [-0.1, -0.05) is 6.07 Å². The largest absolute Gasteiger partial charge is 0.433 e. The number of pyridine rings is 1. The standard InChI is InChI=1S/C19H23F3N6O/c1-10(11-8-9-11)23-17-26-16(13-5-3-7-15(24-13)19(20,21)22)27-18(28-17)25-12-4-2-6-14(12)29/h3,5,7,10-12,14,29H,2,4,6,8-9H2,1H3,(H2,23,25,26,27,28)/t10?,12-,14+/m0/s1. The van der Waals surface area contributed by atoms with Crippen molar-refractivity contribution < 1.29 is 18.3 Å². The third kappa shape index (κ3) is 4.75. The van der Waals surface area contributed by atoms with E-state index >= 15 is 0 Å². The molecule has 29 heavy (non-hydrogen) atoms. The van der Waals surface area contributed by atoms with Gasteiger partial charge in [0, 0.05) is 6.04 Å². The van der Waals surface area contributed by atoms with Crippen molar-refractivity contribution in [2.24, 2.45) is 5.92 Å². The quantitative estimate of drug-likeness (QED) is 0.673. The van der Waals surface area contributed by atoms with Crippen molar-refractivity contribution in [3.05, 3.63) is 23.9 Å². The lowest BCUT2D eigenvalue weighted by Crippen LogP contribution is -2.29. The highest BCUT2D eigenvalue weighted by atomic mass is 19.4. The Balaban J connectivity index is 1.67. The summed E-state index contributed by atoms with van der Waals surface area (Å²) in [6, 6.07) is 3.57. The molecule has 0 spiro atoms. The molecule has 156 valence electrons. The van der Waals surface area contributed by atoms with Crippen LogP contribution >= 0.6 is 0 Å². The van der Waals surface area contributed by atoms with Crippen LogP contribution in [0.2, 0.25) is 0 Å². The van der Waals surface area contributed by atoms with E-state index in [2.05, 4.69) is 30.6 Å². The van der Waals surface area contributed by atoms with Gasteiger partial charge in [0.05, 0.1) is 12.1 Å². The van der Waals surface area contributed by atoms with Gasteiger partial charge in [-0.25, -0.2) is 4.98 Å². The number of aliphatic hydroxyl groups is 1. The highest BCUT2D eigenvalue weighted by molar-refractivity contribution is 5.54. The summed E-state index contributed by atoms with van der Waals surface area (Å²) >= 11 is 0. The lowest BCUT2D eigenvalue weighted by atomic mass is 10.2. The number of hydrogen-bond donors (Lipinski definition) is 3. The molecule has 2 aromatic heterocycles. The molecule has 2 aliphatic rings. The second-order valence-corrected chi connectivity index (χ2v) is 7.73. The number of aromatic nitrogens is 4. The molecule has 0 aliphatic heterocycles. The summed E-state index contributed by atoms with van der Waals surface area (Å²) < 4.78 is 39.2. The minimum absolute atomic E-state index is 0.0133. The van der Waals surface area contributed by atoms with Crippen LogP contribution in [0.1, 0.15) is 44.7 Å². The molecule has 0 radical (unpaired) electrons. The fraction of sp³-hybridized carbons (Fsp3) is 0.579. The number of hydrogen-bond acceptors (Lipinski definition) is 7. The van der Waals surface area contributed by atoms with Crippen molar-refractivity contribution in [1.82, 2.24) is 19.9 Å². The average Bonchev–Trinajstić information content (AvgIpc) is 3.45. The van der Waals surface area contributed by atoms with E-state index in [9.17, 15) is 18.3 Å². The molecule has 3 atom stereocenters. The molecular weight excluding hydrogens is 385 g/mol. The van der Waals surface area contributed by atoms with E-state index in [1.165, 1.54) is 12.1 Å². The summed E-state index contributed by atoms with van der Waals surface area (Å²) in [6.07, 6.45) is -0.472.